The van der Waals surface area contributed by atoms with Gasteiger partial charge in [-0.05, 0) is 34.1 Å². The van der Waals surface area contributed by atoms with Gasteiger partial charge in [-0.2, -0.15) is 0 Å². The Kier molecular flexibility index (Phi) is 3.37. The lowest BCUT2D eigenvalue weighted by Crippen LogP contribution is -1.93. The van der Waals surface area contributed by atoms with Gasteiger partial charge in [0.05, 0.1) is 5.02 Å². The molecule has 0 fully saturated rings. The van der Waals surface area contributed by atoms with E-state index in [4.69, 9.17) is 11.6 Å². The molecule has 0 aliphatic carbocycles. The van der Waals surface area contributed by atoms with E-state index in [0.717, 1.165) is 0 Å². The van der Waals surface area contributed by atoms with Crippen molar-refractivity contribution in [3.05, 3.63) is 33.3 Å². The lowest BCUT2D eigenvalue weighted by Gasteiger charge is -1.96. The van der Waals surface area contributed by atoms with Crippen molar-refractivity contribution in [2.75, 3.05) is 0 Å². The smallest absolute Gasteiger partial charge is 0.266 e. The fraction of sp³-hybridized carbons (Fsp3) is 0. The van der Waals surface area contributed by atoms with Gasteiger partial charge in [0.15, 0.2) is 0 Å². The number of nitrogens with zero attached hydrogens (tertiary/aromatic N) is 1. The van der Waals surface area contributed by atoms with Crippen LogP contribution in [0.15, 0.2) is 27.7 Å². The fourth-order valence-corrected chi connectivity index (χ4v) is 1.23. The zero-order valence-electron chi connectivity index (χ0n) is 6.25. The second kappa shape index (κ2) is 4.33. The molecule has 0 saturated heterocycles. The van der Waals surface area contributed by atoms with Gasteiger partial charge in [-0.15, -0.1) is 4.99 Å². The number of hydrogen-bond acceptors (Lipinski definition) is 2. The summed E-state index contributed by atoms with van der Waals surface area (Å²) in [5.41, 5.74) is 0.291. The molecule has 0 heterocycles. The molecule has 1 aromatic rings. The van der Waals surface area contributed by atoms with Crippen molar-refractivity contribution in [3.63, 3.8) is 0 Å². The maximum absolute atomic E-state index is 11.0. The first-order chi connectivity index (χ1) is 6.15. The Hall–Kier alpha value is -0.960. The molecule has 5 heteroatoms. The van der Waals surface area contributed by atoms with E-state index in [-0.39, 0.29) is 0 Å². The third-order valence-corrected chi connectivity index (χ3v) is 2.53. The number of benzene rings is 1. The minimum Gasteiger partial charge on any atom is -0.266 e. The molecule has 0 aliphatic rings. The lowest BCUT2D eigenvalue weighted by atomic mass is 10.2. The zero-order chi connectivity index (χ0) is 9.84. The minimum absolute atomic E-state index is 0.291. The van der Waals surface area contributed by atoms with Crippen LogP contribution in [0.3, 0.4) is 0 Å². The Morgan fingerprint density at radius 1 is 1.54 bits per heavy atom. The molecule has 0 aliphatic heterocycles. The second-order valence-corrected chi connectivity index (χ2v) is 3.40. The van der Waals surface area contributed by atoms with Gasteiger partial charge in [-0.1, -0.05) is 11.6 Å². The number of amides is 1. The van der Waals surface area contributed by atoms with Crippen LogP contribution < -0.4 is 0 Å². The van der Waals surface area contributed by atoms with Gasteiger partial charge < -0.3 is 0 Å². The topological polar surface area (TPSA) is 46.5 Å². The first-order valence-corrected chi connectivity index (χ1v) is 4.39. The summed E-state index contributed by atoms with van der Waals surface area (Å²) in [4.78, 5) is 23.8. The van der Waals surface area contributed by atoms with Crippen molar-refractivity contribution in [2.45, 2.75) is 0 Å². The predicted octanol–water partition coefficient (Wildman–Crippen LogP) is 2.58. The number of isocyanates is 1. The molecule has 0 atom stereocenters. The molecule has 0 spiro atoms. The Morgan fingerprint density at radius 2 is 2.23 bits per heavy atom. The average molecular weight is 260 g/mol. The summed E-state index contributed by atoms with van der Waals surface area (Å²) >= 11 is 8.84. The van der Waals surface area contributed by atoms with Gasteiger partial charge >= 0.3 is 0 Å². The molecule has 0 radical (unpaired) electrons. The third kappa shape index (κ3) is 2.49. The van der Waals surface area contributed by atoms with Crippen LogP contribution >= 0.6 is 27.5 Å². The fourth-order valence-electron chi connectivity index (χ4n) is 0.735. The van der Waals surface area contributed by atoms with Crippen molar-refractivity contribution in [2.24, 2.45) is 4.99 Å². The number of hydrogen-bond donors (Lipinski definition) is 0. The maximum atomic E-state index is 11.0. The molecule has 3 nitrogen and oxygen atoms in total. The largest absolute Gasteiger partial charge is 0.287 e. The summed E-state index contributed by atoms with van der Waals surface area (Å²) in [6.45, 7) is 0. The number of carbonyl (C=O) groups excluding carboxylic acids is 2. The summed E-state index contributed by atoms with van der Waals surface area (Å²) in [7, 11) is 0. The molecule has 0 saturated carbocycles. The number of aliphatic imine (C=N–C) groups is 1. The van der Waals surface area contributed by atoms with Gasteiger partial charge in [-0.3, -0.25) is 4.79 Å². The predicted molar refractivity (Wildman–Crippen MR) is 51.6 cm³/mol. The highest BCUT2D eigenvalue weighted by molar-refractivity contribution is 9.10. The van der Waals surface area contributed by atoms with Crippen LogP contribution in [-0.2, 0) is 4.79 Å². The highest BCUT2D eigenvalue weighted by atomic mass is 79.9. The lowest BCUT2D eigenvalue weighted by molar-refractivity contribution is 0.100. The van der Waals surface area contributed by atoms with Gasteiger partial charge in [-0.25, -0.2) is 4.79 Å². The molecule has 66 valence electrons. The Morgan fingerprint density at radius 3 is 2.77 bits per heavy atom. The summed E-state index contributed by atoms with van der Waals surface area (Å²) in [6, 6.07) is 4.51. The zero-order valence-corrected chi connectivity index (χ0v) is 8.59. The molecule has 1 aromatic carbocycles. The van der Waals surface area contributed by atoms with E-state index >= 15 is 0 Å². The van der Waals surface area contributed by atoms with Crippen LogP contribution in [-0.4, -0.2) is 12.0 Å². The second-order valence-electron chi connectivity index (χ2n) is 2.14. The van der Waals surface area contributed by atoms with Crippen molar-refractivity contribution in [1.82, 2.24) is 0 Å². The van der Waals surface area contributed by atoms with E-state index in [9.17, 15) is 9.59 Å². The van der Waals surface area contributed by atoms with Gasteiger partial charge in [0.25, 0.3) is 5.91 Å². The monoisotopic (exact) mass is 259 g/mol. The first-order valence-electron chi connectivity index (χ1n) is 3.22. The van der Waals surface area contributed by atoms with E-state index in [1.165, 1.54) is 18.2 Å². The van der Waals surface area contributed by atoms with Crippen LogP contribution in [0.5, 0.6) is 0 Å². The molecular weight excluding hydrogens is 257 g/mol. The molecule has 0 bridgehead atoms. The summed E-state index contributed by atoms with van der Waals surface area (Å²) < 4.78 is 0.584. The standard InChI is InChI=1S/C8H3BrClNO2/c9-6-3-5(1-2-7(6)10)8(13)11-4-12/h1-3H. The highest BCUT2D eigenvalue weighted by Crippen LogP contribution is 2.23. The average Bonchev–Trinajstić information content (AvgIpc) is 2.10. The van der Waals surface area contributed by atoms with Crippen LogP contribution in [0.2, 0.25) is 5.02 Å². The summed E-state index contributed by atoms with van der Waals surface area (Å²) in [5, 5.41) is 0.492. The Bertz CT molecular complexity index is 399. The molecule has 1 rings (SSSR count). The van der Waals surface area contributed by atoms with Crippen molar-refractivity contribution < 1.29 is 9.59 Å². The maximum Gasteiger partial charge on any atom is 0.287 e. The summed E-state index contributed by atoms with van der Waals surface area (Å²) in [6.07, 6.45) is 1.18. The van der Waals surface area contributed by atoms with Crippen LogP contribution in [0.1, 0.15) is 10.4 Å². The number of carbonyl (C=O) groups is 1. The molecule has 0 aromatic heterocycles. The molecule has 1 amide bonds. The Balaban J connectivity index is 3.10. The van der Waals surface area contributed by atoms with Crippen molar-refractivity contribution in [1.29, 1.82) is 0 Å². The van der Waals surface area contributed by atoms with Gasteiger partial charge in [0, 0.05) is 10.0 Å². The van der Waals surface area contributed by atoms with Crippen LogP contribution in [0, 0.1) is 0 Å². The van der Waals surface area contributed by atoms with E-state index in [1.54, 1.807) is 6.07 Å². The molecule has 13 heavy (non-hydrogen) atoms. The Labute approximate surface area is 87.6 Å². The van der Waals surface area contributed by atoms with Crippen molar-refractivity contribution in [3.8, 4) is 0 Å². The molecular formula is C8H3BrClNO2. The van der Waals surface area contributed by atoms with Gasteiger partial charge in [0.1, 0.15) is 0 Å². The van der Waals surface area contributed by atoms with E-state index < -0.39 is 5.91 Å². The first kappa shape index (κ1) is 10.1. The highest BCUT2D eigenvalue weighted by Gasteiger charge is 2.05. The quantitative estimate of drug-likeness (QED) is 0.575. The van der Waals surface area contributed by atoms with E-state index in [0.29, 0.717) is 15.1 Å². The molecule has 0 unspecified atom stereocenters. The third-order valence-electron chi connectivity index (χ3n) is 1.31. The minimum atomic E-state index is -0.632. The summed E-state index contributed by atoms with van der Waals surface area (Å²) in [5.74, 6) is -0.632. The molecule has 0 N–H and O–H groups in total. The number of halogens is 2. The SMILES string of the molecule is O=C=NC(=O)c1ccc(Cl)c(Br)c1. The number of rotatable bonds is 1. The van der Waals surface area contributed by atoms with Gasteiger partial charge in [0.2, 0.25) is 6.08 Å². The van der Waals surface area contributed by atoms with Crippen LogP contribution in [0.4, 0.5) is 0 Å². The van der Waals surface area contributed by atoms with E-state index in [2.05, 4.69) is 20.9 Å². The normalized spacial score (nSPS) is 9.08. The van der Waals surface area contributed by atoms with Crippen molar-refractivity contribution >= 4 is 39.5 Å². The van der Waals surface area contributed by atoms with E-state index in [1.807, 2.05) is 0 Å². The van der Waals surface area contributed by atoms with Crippen LogP contribution in [0.25, 0.3) is 0 Å².